The molecule has 4 nitrogen and oxygen atoms in total. The Morgan fingerprint density at radius 2 is 1.93 bits per heavy atom. The van der Waals surface area contributed by atoms with Gasteiger partial charge in [-0.25, -0.2) is 0 Å². The van der Waals surface area contributed by atoms with Crippen molar-refractivity contribution >= 4 is 15.9 Å². The van der Waals surface area contributed by atoms with Gasteiger partial charge in [-0.3, -0.25) is 0 Å². The van der Waals surface area contributed by atoms with E-state index in [1.54, 1.807) is 0 Å². The van der Waals surface area contributed by atoms with Crippen molar-refractivity contribution in [2.24, 2.45) is 0 Å². The molecule has 0 atom stereocenters. The third kappa shape index (κ3) is 1.77. The van der Waals surface area contributed by atoms with E-state index in [2.05, 4.69) is 26.1 Å². The predicted molar refractivity (Wildman–Crippen MR) is 54.0 cm³/mol. The smallest absolute Gasteiger partial charge is 0.414 e. The minimum Gasteiger partial charge on any atom is -0.452 e. The first-order valence-electron chi connectivity index (χ1n) is 3.93. The van der Waals surface area contributed by atoms with E-state index in [4.69, 9.17) is 9.15 Å². The molecule has 0 aliphatic rings. The molecule has 0 spiro atoms. The topological polar surface area (TPSA) is 48.2 Å². The van der Waals surface area contributed by atoms with Crippen molar-refractivity contribution in [2.45, 2.75) is 0 Å². The summed E-state index contributed by atoms with van der Waals surface area (Å²) in [6.45, 7) is 0. The van der Waals surface area contributed by atoms with E-state index < -0.39 is 0 Å². The molecule has 5 heteroatoms. The molecule has 0 bridgehead atoms. The highest BCUT2D eigenvalue weighted by Gasteiger charge is 2.07. The van der Waals surface area contributed by atoms with E-state index in [1.165, 1.54) is 7.11 Å². The van der Waals surface area contributed by atoms with Crippen LogP contribution in [0.5, 0.6) is 6.08 Å². The normalized spacial score (nSPS) is 10.1. The summed E-state index contributed by atoms with van der Waals surface area (Å²) in [5, 5.41) is 7.51. The number of halogens is 1. The van der Waals surface area contributed by atoms with Gasteiger partial charge in [0, 0.05) is 10.0 Å². The molecule has 14 heavy (non-hydrogen) atoms. The molecule has 0 saturated carbocycles. The largest absolute Gasteiger partial charge is 0.452 e. The fraction of sp³-hybridized carbons (Fsp3) is 0.111. The highest BCUT2D eigenvalue weighted by molar-refractivity contribution is 9.10. The number of benzene rings is 1. The minimum atomic E-state index is 0.169. The molecule has 0 unspecified atom stereocenters. The molecule has 0 fully saturated rings. The lowest BCUT2D eigenvalue weighted by Crippen LogP contribution is -1.79. The second-order valence-electron chi connectivity index (χ2n) is 2.58. The monoisotopic (exact) mass is 254 g/mol. The van der Waals surface area contributed by atoms with Gasteiger partial charge in [-0.15, -0.1) is 5.10 Å². The molecule has 72 valence electrons. The number of hydrogen-bond donors (Lipinski definition) is 0. The number of rotatable bonds is 2. The Morgan fingerprint density at radius 3 is 2.50 bits per heavy atom. The Balaban J connectivity index is 2.34. The molecule has 2 aromatic rings. The van der Waals surface area contributed by atoms with Crippen LogP contribution in [-0.4, -0.2) is 17.3 Å². The molecular weight excluding hydrogens is 248 g/mol. The maximum absolute atomic E-state index is 5.20. The summed E-state index contributed by atoms with van der Waals surface area (Å²) in [6, 6.07) is 7.59. The quantitative estimate of drug-likeness (QED) is 0.827. The van der Waals surface area contributed by atoms with Crippen LogP contribution in [0, 0.1) is 0 Å². The Labute approximate surface area is 89.0 Å². The Kier molecular flexibility index (Phi) is 2.49. The van der Waals surface area contributed by atoms with Crippen molar-refractivity contribution in [2.75, 3.05) is 7.11 Å². The van der Waals surface area contributed by atoms with Crippen LogP contribution in [0.2, 0.25) is 0 Å². The zero-order chi connectivity index (χ0) is 9.97. The summed E-state index contributed by atoms with van der Waals surface area (Å²) in [4.78, 5) is 0. The fourth-order valence-electron chi connectivity index (χ4n) is 1.00. The Morgan fingerprint density at radius 1 is 1.21 bits per heavy atom. The summed E-state index contributed by atoms with van der Waals surface area (Å²) in [6.07, 6.45) is 0.169. The number of aromatic nitrogens is 2. The molecule has 1 heterocycles. The van der Waals surface area contributed by atoms with E-state index in [0.717, 1.165) is 10.0 Å². The summed E-state index contributed by atoms with van der Waals surface area (Å²) >= 11 is 3.35. The van der Waals surface area contributed by atoms with E-state index in [-0.39, 0.29) is 6.08 Å². The molecule has 1 aromatic carbocycles. The van der Waals surface area contributed by atoms with Gasteiger partial charge in [0.1, 0.15) is 0 Å². The number of methoxy groups -OCH3 is 1. The van der Waals surface area contributed by atoms with Gasteiger partial charge in [0.15, 0.2) is 0 Å². The highest BCUT2D eigenvalue weighted by atomic mass is 79.9. The van der Waals surface area contributed by atoms with E-state index in [1.807, 2.05) is 24.3 Å². The number of nitrogens with zero attached hydrogens (tertiary/aromatic N) is 2. The van der Waals surface area contributed by atoms with Gasteiger partial charge in [0.2, 0.25) is 0 Å². The van der Waals surface area contributed by atoms with Gasteiger partial charge >= 0.3 is 6.08 Å². The van der Waals surface area contributed by atoms with Gasteiger partial charge in [-0.1, -0.05) is 21.0 Å². The van der Waals surface area contributed by atoms with Crippen LogP contribution in [0.3, 0.4) is 0 Å². The zero-order valence-corrected chi connectivity index (χ0v) is 8.98. The van der Waals surface area contributed by atoms with Crippen LogP contribution >= 0.6 is 15.9 Å². The summed E-state index contributed by atoms with van der Waals surface area (Å²) in [7, 11) is 1.48. The first-order valence-corrected chi connectivity index (χ1v) is 4.72. The highest BCUT2D eigenvalue weighted by Crippen LogP contribution is 2.22. The number of hydrogen-bond acceptors (Lipinski definition) is 4. The minimum absolute atomic E-state index is 0.169. The standard InChI is InChI=1S/C9H7BrN2O2/c1-13-9-12-11-8(14-9)6-2-4-7(10)5-3-6/h2-5H,1H3. The molecule has 1 aromatic heterocycles. The maximum Gasteiger partial charge on any atom is 0.414 e. The van der Waals surface area contributed by atoms with E-state index >= 15 is 0 Å². The third-order valence-electron chi connectivity index (χ3n) is 1.67. The van der Waals surface area contributed by atoms with Crippen LogP contribution < -0.4 is 4.74 Å². The van der Waals surface area contributed by atoms with Gasteiger partial charge in [0.25, 0.3) is 5.89 Å². The third-order valence-corrected chi connectivity index (χ3v) is 2.20. The molecule has 0 amide bonds. The average Bonchev–Trinajstić information content (AvgIpc) is 2.67. The van der Waals surface area contributed by atoms with E-state index in [9.17, 15) is 0 Å². The van der Waals surface area contributed by atoms with Crippen LogP contribution in [0.1, 0.15) is 0 Å². The van der Waals surface area contributed by atoms with Crippen molar-refractivity contribution < 1.29 is 9.15 Å². The molecule has 0 saturated heterocycles. The zero-order valence-electron chi connectivity index (χ0n) is 7.40. The van der Waals surface area contributed by atoms with Crippen LogP contribution in [0.4, 0.5) is 0 Å². The molecule has 0 N–H and O–H groups in total. The van der Waals surface area contributed by atoms with Gasteiger partial charge in [0.05, 0.1) is 7.11 Å². The molecule has 0 radical (unpaired) electrons. The SMILES string of the molecule is COc1nnc(-c2ccc(Br)cc2)o1. The molecule has 2 rings (SSSR count). The Bertz CT molecular complexity index is 425. The van der Waals surface area contributed by atoms with Crippen LogP contribution in [0.15, 0.2) is 33.2 Å². The first kappa shape index (κ1) is 9.21. The Hall–Kier alpha value is -1.36. The predicted octanol–water partition coefficient (Wildman–Crippen LogP) is 2.51. The molecule has 0 aliphatic heterocycles. The summed E-state index contributed by atoms with van der Waals surface area (Å²) in [5.74, 6) is 0.453. The lowest BCUT2D eigenvalue weighted by atomic mass is 10.2. The van der Waals surface area contributed by atoms with Crippen molar-refractivity contribution in [1.82, 2.24) is 10.2 Å². The van der Waals surface area contributed by atoms with Gasteiger partial charge in [-0.2, -0.15) is 0 Å². The van der Waals surface area contributed by atoms with Gasteiger partial charge in [-0.05, 0) is 24.3 Å². The molecule has 0 aliphatic carbocycles. The second-order valence-corrected chi connectivity index (χ2v) is 3.50. The van der Waals surface area contributed by atoms with Crippen molar-refractivity contribution in [3.8, 4) is 17.5 Å². The lowest BCUT2D eigenvalue weighted by molar-refractivity contribution is 0.293. The maximum atomic E-state index is 5.20. The number of ether oxygens (including phenoxy) is 1. The average molecular weight is 255 g/mol. The van der Waals surface area contributed by atoms with E-state index in [0.29, 0.717) is 5.89 Å². The van der Waals surface area contributed by atoms with Gasteiger partial charge < -0.3 is 9.15 Å². The fourth-order valence-corrected chi connectivity index (χ4v) is 1.27. The molecular formula is C9H7BrN2O2. The first-order chi connectivity index (χ1) is 6.79. The van der Waals surface area contributed by atoms with Crippen molar-refractivity contribution in [3.63, 3.8) is 0 Å². The summed E-state index contributed by atoms with van der Waals surface area (Å²) in [5.41, 5.74) is 0.865. The van der Waals surface area contributed by atoms with Crippen LogP contribution in [0.25, 0.3) is 11.5 Å². The van der Waals surface area contributed by atoms with Crippen molar-refractivity contribution in [3.05, 3.63) is 28.7 Å². The lowest BCUT2D eigenvalue weighted by Gasteiger charge is -1.93. The summed E-state index contributed by atoms with van der Waals surface area (Å²) < 4.78 is 11.0. The van der Waals surface area contributed by atoms with Crippen LogP contribution in [-0.2, 0) is 0 Å². The van der Waals surface area contributed by atoms with Crippen molar-refractivity contribution in [1.29, 1.82) is 0 Å². The second kappa shape index (κ2) is 3.79.